The van der Waals surface area contributed by atoms with Crippen molar-refractivity contribution in [2.45, 2.75) is 19.3 Å². The molecule has 2 fully saturated rings. The second-order valence-electron chi connectivity index (χ2n) is 5.59. The molecule has 0 radical (unpaired) electrons. The second kappa shape index (κ2) is 10.1. The van der Waals surface area contributed by atoms with Crippen molar-refractivity contribution in [2.75, 3.05) is 51.9 Å². The third-order valence-electron chi connectivity index (χ3n) is 4.02. The fourth-order valence-corrected chi connectivity index (χ4v) is 3.98. The lowest BCUT2D eigenvalue weighted by Crippen LogP contribution is -2.43. The molecule has 6 heteroatoms. The summed E-state index contributed by atoms with van der Waals surface area (Å²) < 4.78 is 5.44. The van der Waals surface area contributed by atoms with Crippen LogP contribution in [0.5, 0.6) is 0 Å². The first-order valence-corrected chi connectivity index (χ1v) is 8.52. The van der Waals surface area contributed by atoms with Gasteiger partial charge in [-0.2, -0.15) is 11.8 Å². The van der Waals surface area contributed by atoms with Crippen LogP contribution >= 0.6 is 35.7 Å². The van der Waals surface area contributed by atoms with Crippen LogP contribution < -0.4 is 5.32 Å². The van der Waals surface area contributed by atoms with Gasteiger partial charge < -0.3 is 15.0 Å². The third-order valence-corrected chi connectivity index (χ3v) is 5.07. The minimum absolute atomic E-state index is 0. The first kappa shape index (κ1) is 18.4. The van der Waals surface area contributed by atoms with E-state index in [1.54, 1.807) is 0 Å². The lowest BCUT2D eigenvalue weighted by molar-refractivity contribution is 0.181. The molecule has 0 spiro atoms. The zero-order valence-electron chi connectivity index (χ0n) is 12.6. The monoisotopic (exact) mass is 413 g/mol. The number of rotatable bonds is 4. The van der Waals surface area contributed by atoms with Crippen molar-refractivity contribution in [3.05, 3.63) is 0 Å². The number of hydrogen-bond donors (Lipinski definition) is 1. The first-order valence-electron chi connectivity index (χ1n) is 7.37. The molecule has 2 aliphatic rings. The topological polar surface area (TPSA) is 36.9 Å². The Labute approximate surface area is 144 Å². The van der Waals surface area contributed by atoms with Gasteiger partial charge in [-0.1, -0.05) is 0 Å². The Morgan fingerprint density at radius 3 is 2.65 bits per heavy atom. The summed E-state index contributed by atoms with van der Waals surface area (Å²) in [4.78, 5) is 6.65. The molecule has 1 unspecified atom stereocenters. The van der Waals surface area contributed by atoms with Crippen molar-refractivity contribution in [1.29, 1.82) is 0 Å². The van der Waals surface area contributed by atoms with Gasteiger partial charge in [0.15, 0.2) is 5.96 Å². The average molecular weight is 413 g/mol. The lowest BCUT2D eigenvalue weighted by Gasteiger charge is -2.27. The minimum atomic E-state index is 0. The van der Waals surface area contributed by atoms with E-state index in [4.69, 9.17) is 4.74 Å². The first-order chi connectivity index (χ1) is 9.29. The van der Waals surface area contributed by atoms with E-state index < -0.39 is 0 Å². The summed E-state index contributed by atoms with van der Waals surface area (Å²) in [7, 11) is 4.01. The van der Waals surface area contributed by atoms with Crippen LogP contribution in [0, 0.1) is 11.8 Å². The van der Waals surface area contributed by atoms with Crippen LogP contribution in [0.15, 0.2) is 4.99 Å². The average Bonchev–Trinajstić information content (AvgIpc) is 2.93. The van der Waals surface area contributed by atoms with Gasteiger partial charge in [-0.15, -0.1) is 24.0 Å². The van der Waals surface area contributed by atoms with E-state index in [0.29, 0.717) is 5.92 Å². The van der Waals surface area contributed by atoms with Crippen molar-refractivity contribution < 1.29 is 4.74 Å². The molecule has 2 rings (SSSR count). The Balaban J connectivity index is 0.00000200. The van der Waals surface area contributed by atoms with E-state index in [9.17, 15) is 0 Å². The highest BCUT2D eigenvalue weighted by Crippen LogP contribution is 2.22. The number of nitrogens with one attached hydrogen (secondary N) is 1. The number of guanidine groups is 1. The fraction of sp³-hybridized carbons (Fsp3) is 0.929. The van der Waals surface area contributed by atoms with E-state index >= 15 is 0 Å². The Morgan fingerprint density at radius 2 is 2.05 bits per heavy atom. The summed E-state index contributed by atoms with van der Waals surface area (Å²) in [5, 5.41) is 3.54. The summed E-state index contributed by atoms with van der Waals surface area (Å²) in [5.41, 5.74) is 0. The zero-order valence-corrected chi connectivity index (χ0v) is 15.8. The molecule has 4 nitrogen and oxygen atoms in total. The molecule has 20 heavy (non-hydrogen) atoms. The highest BCUT2D eigenvalue weighted by atomic mass is 127. The molecule has 0 amide bonds. The van der Waals surface area contributed by atoms with Gasteiger partial charge >= 0.3 is 0 Å². The molecule has 0 saturated carbocycles. The highest BCUT2D eigenvalue weighted by Gasteiger charge is 2.20. The van der Waals surface area contributed by atoms with Gasteiger partial charge in [0.05, 0.1) is 6.61 Å². The van der Waals surface area contributed by atoms with E-state index in [-0.39, 0.29) is 24.0 Å². The maximum atomic E-state index is 5.44. The van der Waals surface area contributed by atoms with Crippen molar-refractivity contribution in [2.24, 2.45) is 16.8 Å². The van der Waals surface area contributed by atoms with Gasteiger partial charge in [-0.05, 0) is 36.7 Å². The van der Waals surface area contributed by atoms with Crippen LogP contribution in [0.2, 0.25) is 0 Å². The second-order valence-corrected chi connectivity index (χ2v) is 6.82. The smallest absolute Gasteiger partial charge is 0.193 e. The summed E-state index contributed by atoms with van der Waals surface area (Å²) in [6, 6.07) is 0. The Kier molecular flexibility index (Phi) is 9.28. The molecule has 118 valence electrons. The van der Waals surface area contributed by atoms with Crippen LogP contribution in [0.3, 0.4) is 0 Å². The van der Waals surface area contributed by atoms with E-state index in [1.165, 1.54) is 30.8 Å². The van der Waals surface area contributed by atoms with Gasteiger partial charge in [0.1, 0.15) is 0 Å². The largest absolute Gasteiger partial charge is 0.381 e. The van der Waals surface area contributed by atoms with Crippen molar-refractivity contribution in [1.82, 2.24) is 10.2 Å². The standard InChI is InChI=1S/C14H27N3OS.HI/c1-15-14(16-9-12-4-7-19-8-5-12)17(2)10-13-3-6-18-11-13;/h12-13H,3-11H2,1-2H3,(H,15,16);1H. The molecule has 0 aliphatic carbocycles. The number of aliphatic imine (C=N–C) groups is 1. The SMILES string of the molecule is CN=C(NCC1CCSCC1)N(C)CC1CCOC1.I. The van der Waals surface area contributed by atoms with Crippen LogP contribution in [0.4, 0.5) is 0 Å². The third kappa shape index (κ3) is 5.97. The predicted octanol–water partition coefficient (Wildman–Crippen LogP) is 2.29. The molecule has 2 saturated heterocycles. The molecule has 2 heterocycles. The molecule has 0 aromatic rings. The Morgan fingerprint density at radius 1 is 1.30 bits per heavy atom. The quantitative estimate of drug-likeness (QED) is 0.436. The van der Waals surface area contributed by atoms with Crippen molar-refractivity contribution in [3.63, 3.8) is 0 Å². The number of halogens is 1. The van der Waals surface area contributed by atoms with Crippen molar-refractivity contribution >= 4 is 41.7 Å². The number of nitrogens with zero attached hydrogens (tertiary/aromatic N) is 2. The molecule has 0 aromatic heterocycles. The Hall–Kier alpha value is 0.310. The summed E-state index contributed by atoms with van der Waals surface area (Å²) in [6.07, 6.45) is 3.87. The van der Waals surface area contributed by atoms with Crippen LogP contribution in [-0.2, 0) is 4.74 Å². The van der Waals surface area contributed by atoms with Gasteiger partial charge in [0.25, 0.3) is 0 Å². The van der Waals surface area contributed by atoms with Gasteiger partial charge in [0.2, 0.25) is 0 Å². The fourth-order valence-electron chi connectivity index (χ4n) is 2.77. The zero-order chi connectivity index (χ0) is 13.5. The van der Waals surface area contributed by atoms with E-state index in [2.05, 4.69) is 34.0 Å². The molecular weight excluding hydrogens is 385 g/mol. The van der Waals surface area contributed by atoms with Crippen LogP contribution in [0.25, 0.3) is 0 Å². The highest BCUT2D eigenvalue weighted by molar-refractivity contribution is 14.0. The number of ether oxygens (including phenoxy) is 1. The maximum Gasteiger partial charge on any atom is 0.193 e. The number of thioether (sulfide) groups is 1. The lowest BCUT2D eigenvalue weighted by atomic mass is 10.0. The van der Waals surface area contributed by atoms with E-state index in [1.807, 2.05) is 7.05 Å². The van der Waals surface area contributed by atoms with Gasteiger partial charge in [-0.3, -0.25) is 4.99 Å². The molecule has 0 aromatic carbocycles. The Bertz CT molecular complexity index is 292. The normalized spacial score (nSPS) is 24.3. The molecule has 2 aliphatic heterocycles. The van der Waals surface area contributed by atoms with Gasteiger partial charge in [-0.25, -0.2) is 0 Å². The number of hydrogen-bond acceptors (Lipinski definition) is 3. The molecule has 1 N–H and O–H groups in total. The predicted molar refractivity (Wildman–Crippen MR) is 98.4 cm³/mol. The van der Waals surface area contributed by atoms with Crippen LogP contribution in [0.1, 0.15) is 19.3 Å². The maximum absolute atomic E-state index is 5.44. The summed E-state index contributed by atoms with van der Waals surface area (Å²) in [5.74, 6) is 5.15. The summed E-state index contributed by atoms with van der Waals surface area (Å²) in [6.45, 7) is 3.93. The summed E-state index contributed by atoms with van der Waals surface area (Å²) >= 11 is 2.08. The molecule has 0 bridgehead atoms. The molecular formula is C14H28IN3OS. The van der Waals surface area contributed by atoms with Crippen LogP contribution in [-0.4, -0.2) is 62.8 Å². The minimum Gasteiger partial charge on any atom is -0.381 e. The van der Waals surface area contributed by atoms with E-state index in [0.717, 1.165) is 38.2 Å². The molecule has 1 atom stereocenters. The van der Waals surface area contributed by atoms with Gasteiger partial charge in [0, 0.05) is 39.7 Å². The van der Waals surface area contributed by atoms with Crippen molar-refractivity contribution in [3.8, 4) is 0 Å².